The summed E-state index contributed by atoms with van der Waals surface area (Å²) in [4.78, 5) is 3.92. The van der Waals surface area contributed by atoms with Gasteiger partial charge in [0.25, 0.3) is 0 Å². The SMILES string of the molecule is c1noc(CCNC2CC2)n1. The van der Waals surface area contributed by atoms with Crippen LogP contribution in [0.1, 0.15) is 18.7 Å². The maximum atomic E-state index is 4.83. The summed E-state index contributed by atoms with van der Waals surface area (Å²) in [7, 11) is 0. The molecule has 1 saturated carbocycles. The van der Waals surface area contributed by atoms with Gasteiger partial charge in [0.05, 0.1) is 0 Å². The van der Waals surface area contributed by atoms with E-state index in [-0.39, 0.29) is 0 Å². The van der Waals surface area contributed by atoms with E-state index in [1.165, 1.54) is 19.2 Å². The number of hydrogen-bond acceptors (Lipinski definition) is 4. The van der Waals surface area contributed by atoms with Crippen molar-refractivity contribution in [2.24, 2.45) is 0 Å². The van der Waals surface area contributed by atoms with Crippen molar-refractivity contribution in [1.29, 1.82) is 0 Å². The van der Waals surface area contributed by atoms with E-state index in [1.54, 1.807) is 0 Å². The molecule has 0 aliphatic heterocycles. The Bertz CT molecular complexity index is 205. The molecule has 1 aliphatic carbocycles. The van der Waals surface area contributed by atoms with Crippen LogP contribution >= 0.6 is 0 Å². The first-order valence-electron chi connectivity index (χ1n) is 3.94. The minimum atomic E-state index is 0.721. The number of hydrogen-bond donors (Lipinski definition) is 1. The molecule has 11 heavy (non-hydrogen) atoms. The molecule has 60 valence electrons. The van der Waals surface area contributed by atoms with Crippen molar-refractivity contribution in [2.75, 3.05) is 6.54 Å². The highest BCUT2D eigenvalue weighted by Gasteiger charge is 2.19. The lowest BCUT2D eigenvalue weighted by Gasteiger charge is -1.96. The maximum Gasteiger partial charge on any atom is 0.227 e. The molecule has 0 spiro atoms. The van der Waals surface area contributed by atoms with Gasteiger partial charge < -0.3 is 9.84 Å². The van der Waals surface area contributed by atoms with Crippen molar-refractivity contribution in [2.45, 2.75) is 25.3 Å². The normalized spacial score (nSPS) is 17.1. The van der Waals surface area contributed by atoms with E-state index in [9.17, 15) is 0 Å². The second-order valence-electron chi connectivity index (χ2n) is 2.81. The molecule has 4 nitrogen and oxygen atoms in total. The molecule has 0 amide bonds. The first kappa shape index (κ1) is 6.79. The summed E-state index contributed by atoms with van der Waals surface area (Å²) in [5.74, 6) is 0.721. The molecule has 0 unspecified atom stereocenters. The van der Waals surface area contributed by atoms with Crippen LogP contribution in [0, 0.1) is 0 Å². The van der Waals surface area contributed by atoms with Crippen molar-refractivity contribution in [3.05, 3.63) is 12.2 Å². The molecule has 1 fully saturated rings. The smallest absolute Gasteiger partial charge is 0.227 e. The number of nitrogens with zero attached hydrogens (tertiary/aromatic N) is 2. The summed E-state index contributed by atoms with van der Waals surface area (Å²) in [5.41, 5.74) is 0. The molecule has 1 aliphatic rings. The van der Waals surface area contributed by atoms with Crippen molar-refractivity contribution in [1.82, 2.24) is 15.5 Å². The molecular formula is C7H11N3O. The highest BCUT2D eigenvalue weighted by Crippen LogP contribution is 2.18. The van der Waals surface area contributed by atoms with Gasteiger partial charge in [0, 0.05) is 19.0 Å². The lowest BCUT2D eigenvalue weighted by molar-refractivity contribution is 0.375. The van der Waals surface area contributed by atoms with E-state index in [0.717, 1.165) is 24.9 Å². The van der Waals surface area contributed by atoms with Gasteiger partial charge in [0.2, 0.25) is 5.89 Å². The summed E-state index contributed by atoms with van der Waals surface area (Å²) >= 11 is 0. The van der Waals surface area contributed by atoms with Crippen molar-refractivity contribution < 1.29 is 4.52 Å². The van der Waals surface area contributed by atoms with Crippen LogP contribution in [0.5, 0.6) is 0 Å². The average Bonchev–Trinajstić information content (AvgIpc) is 2.66. The van der Waals surface area contributed by atoms with Gasteiger partial charge in [-0.3, -0.25) is 0 Å². The number of aromatic nitrogens is 2. The highest BCUT2D eigenvalue weighted by molar-refractivity contribution is 4.83. The van der Waals surface area contributed by atoms with Gasteiger partial charge in [-0.25, -0.2) is 0 Å². The largest absolute Gasteiger partial charge is 0.340 e. The molecule has 1 heterocycles. The Morgan fingerprint density at radius 3 is 3.18 bits per heavy atom. The number of rotatable bonds is 4. The standard InChI is InChI=1S/C7H11N3O/c1-2-6(1)8-4-3-7-9-5-10-11-7/h5-6,8H,1-4H2. The van der Waals surface area contributed by atoms with Crippen molar-refractivity contribution >= 4 is 0 Å². The van der Waals surface area contributed by atoms with E-state index in [2.05, 4.69) is 15.5 Å². The fraction of sp³-hybridized carbons (Fsp3) is 0.714. The zero-order valence-electron chi connectivity index (χ0n) is 6.29. The Morgan fingerprint density at radius 1 is 1.64 bits per heavy atom. The molecule has 2 rings (SSSR count). The minimum absolute atomic E-state index is 0.721. The van der Waals surface area contributed by atoms with Gasteiger partial charge in [0.1, 0.15) is 0 Å². The van der Waals surface area contributed by atoms with Crippen LogP contribution in [0.3, 0.4) is 0 Å². The zero-order valence-corrected chi connectivity index (χ0v) is 6.29. The lowest BCUT2D eigenvalue weighted by Crippen LogP contribution is -2.19. The van der Waals surface area contributed by atoms with E-state index >= 15 is 0 Å². The molecule has 1 aromatic rings. The van der Waals surface area contributed by atoms with Gasteiger partial charge in [-0.15, -0.1) is 0 Å². The first-order valence-corrected chi connectivity index (χ1v) is 3.94. The summed E-state index contributed by atoms with van der Waals surface area (Å²) in [6.07, 6.45) is 4.93. The third-order valence-electron chi connectivity index (χ3n) is 1.76. The highest BCUT2D eigenvalue weighted by atomic mass is 16.5. The Labute approximate surface area is 65.0 Å². The van der Waals surface area contributed by atoms with Gasteiger partial charge in [-0.1, -0.05) is 5.16 Å². The third kappa shape index (κ3) is 2.01. The van der Waals surface area contributed by atoms with E-state index in [1.807, 2.05) is 0 Å². The topological polar surface area (TPSA) is 51.0 Å². The Hall–Kier alpha value is -0.900. The fourth-order valence-corrected chi connectivity index (χ4v) is 0.977. The Kier molecular flexibility index (Phi) is 1.85. The lowest BCUT2D eigenvalue weighted by atomic mass is 10.4. The third-order valence-corrected chi connectivity index (χ3v) is 1.76. The van der Waals surface area contributed by atoms with Crippen LogP contribution < -0.4 is 5.32 Å². The van der Waals surface area contributed by atoms with Gasteiger partial charge in [-0.2, -0.15) is 4.98 Å². The second-order valence-corrected chi connectivity index (χ2v) is 2.81. The monoisotopic (exact) mass is 153 g/mol. The van der Waals surface area contributed by atoms with Crippen LogP contribution in [0.2, 0.25) is 0 Å². The summed E-state index contributed by atoms with van der Waals surface area (Å²) in [6, 6.07) is 0.762. The Balaban J connectivity index is 1.66. The van der Waals surface area contributed by atoms with Crippen molar-refractivity contribution in [3.63, 3.8) is 0 Å². The zero-order chi connectivity index (χ0) is 7.52. The van der Waals surface area contributed by atoms with Crippen LogP contribution in [0.25, 0.3) is 0 Å². The molecule has 0 aromatic carbocycles. The van der Waals surface area contributed by atoms with E-state index < -0.39 is 0 Å². The summed E-state index contributed by atoms with van der Waals surface area (Å²) in [5, 5.41) is 6.89. The molecule has 1 N–H and O–H groups in total. The molecule has 0 bridgehead atoms. The van der Waals surface area contributed by atoms with Crippen LogP contribution in [-0.4, -0.2) is 22.7 Å². The molecule has 1 aromatic heterocycles. The number of nitrogens with one attached hydrogen (secondary N) is 1. The van der Waals surface area contributed by atoms with E-state index in [4.69, 9.17) is 4.52 Å². The first-order chi connectivity index (χ1) is 5.45. The maximum absolute atomic E-state index is 4.83. The van der Waals surface area contributed by atoms with Gasteiger partial charge in [0.15, 0.2) is 6.33 Å². The van der Waals surface area contributed by atoms with Crippen LogP contribution in [-0.2, 0) is 6.42 Å². The van der Waals surface area contributed by atoms with Gasteiger partial charge >= 0.3 is 0 Å². The molecule has 4 heteroatoms. The molecule has 0 radical (unpaired) electrons. The second kappa shape index (κ2) is 3.00. The molecule has 0 saturated heterocycles. The van der Waals surface area contributed by atoms with Gasteiger partial charge in [-0.05, 0) is 12.8 Å². The minimum Gasteiger partial charge on any atom is -0.340 e. The van der Waals surface area contributed by atoms with E-state index in [0.29, 0.717) is 0 Å². The quantitative estimate of drug-likeness (QED) is 0.678. The summed E-state index contributed by atoms with van der Waals surface area (Å²) < 4.78 is 4.83. The summed E-state index contributed by atoms with van der Waals surface area (Å²) in [6.45, 7) is 0.951. The predicted octanol–water partition coefficient (Wildman–Crippen LogP) is 0.364. The fourth-order valence-electron chi connectivity index (χ4n) is 0.977. The molecular weight excluding hydrogens is 142 g/mol. The molecule has 0 atom stereocenters. The predicted molar refractivity (Wildman–Crippen MR) is 39.0 cm³/mol. The average molecular weight is 153 g/mol. The van der Waals surface area contributed by atoms with Crippen molar-refractivity contribution in [3.8, 4) is 0 Å². The van der Waals surface area contributed by atoms with Crippen LogP contribution in [0.4, 0.5) is 0 Å². The Morgan fingerprint density at radius 2 is 2.55 bits per heavy atom. The van der Waals surface area contributed by atoms with Crippen LogP contribution in [0.15, 0.2) is 10.9 Å².